The Balaban J connectivity index is 2.07. The highest BCUT2D eigenvalue weighted by Gasteiger charge is 2.41. The number of fused-ring (bicyclic) bond motifs is 1. The molecule has 26 heavy (non-hydrogen) atoms. The van der Waals surface area contributed by atoms with E-state index in [2.05, 4.69) is 0 Å². The van der Waals surface area contributed by atoms with Crippen LogP contribution in [0.1, 0.15) is 30.3 Å². The zero-order valence-corrected chi connectivity index (χ0v) is 15.4. The van der Waals surface area contributed by atoms with Gasteiger partial charge in [-0.15, -0.1) is 0 Å². The predicted molar refractivity (Wildman–Crippen MR) is 96.3 cm³/mol. The van der Waals surface area contributed by atoms with E-state index in [9.17, 15) is 5.11 Å². The monoisotopic (exact) mass is 360 g/mol. The topological polar surface area (TPSA) is 66.4 Å². The lowest BCUT2D eigenvalue weighted by Crippen LogP contribution is -2.36. The van der Waals surface area contributed by atoms with Crippen LogP contribution in [0.25, 0.3) is 0 Å². The SMILES string of the molecule is CCO[C@H]1c2ccc(OC)c(OC)c2O[C@H](c2ccc(OC)cc2)[C@H]1O. The zero-order valence-electron chi connectivity index (χ0n) is 15.4. The highest BCUT2D eigenvalue weighted by atomic mass is 16.6. The molecule has 0 spiro atoms. The molecule has 3 rings (SSSR count). The Morgan fingerprint density at radius 2 is 1.69 bits per heavy atom. The second-order valence-electron chi connectivity index (χ2n) is 5.90. The molecule has 1 heterocycles. The number of benzene rings is 2. The summed E-state index contributed by atoms with van der Waals surface area (Å²) in [7, 11) is 4.74. The number of hydrogen-bond donors (Lipinski definition) is 1. The molecule has 6 nitrogen and oxygen atoms in total. The summed E-state index contributed by atoms with van der Waals surface area (Å²) in [6.45, 7) is 2.36. The minimum atomic E-state index is -0.867. The van der Waals surface area contributed by atoms with E-state index in [1.54, 1.807) is 27.4 Å². The Bertz CT molecular complexity index is 743. The fourth-order valence-corrected chi connectivity index (χ4v) is 3.23. The van der Waals surface area contributed by atoms with E-state index >= 15 is 0 Å². The summed E-state index contributed by atoms with van der Waals surface area (Å²) in [6.07, 6.45) is -2.00. The van der Waals surface area contributed by atoms with E-state index in [4.69, 9.17) is 23.7 Å². The standard InChI is InChI=1S/C20H24O6/c1-5-25-18-14-10-11-15(23-3)20(24-4)19(14)26-17(16(18)21)12-6-8-13(22-2)9-7-12/h6-11,16-18,21H,5H2,1-4H3/t16-,17-,18+/m1/s1. The van der Waals surface area contributed by atoms with Gasteiger partial charge >= 0.3 is 0 Å². The number of methoxy groups -OCH3 is 3. The number of aliphatic hydroxyl groups is 1. The first-order valence-electron chi connectivity index (χ1n) is 8.49. The van der Waals surface area contributed by atoms with Crippen molar-refractivity contribution in [1.29, 1.82) is 0 Å². The molecule has 0 aliphatic carbocycles. The molecule has 1 N–H and O–H groups in total. The fourth-order valence-electron chi connectivity index (χ4n) is 3.23. The van der Waals surface area contributed by atoms with Gasteiger partial charge in [-0.05, 0) is 36.8 Å². The van der Waals surface area contributed by atoms with Crippen molar-refractivity contribution in [2.45, 2.75) is 25.2 Å². The van der Waals surface area contributed by atoms with Crippen LogP contribution in [0.3, 0.4) is 0 Å². The summed E-state index contributed by atoms with van der Waals surface area (Å²) in [5, 5.41) is 10.9. The largest absolute Gasteiger partial charge is 0.497 e. The van der Waals surface area contributed by atoms with Crippen LogP contribution in [0.15, 0.2) is 36.4 Å². The number of rotatable bonds is 6. The van der Waals surface area contributed by atoms with E-state index in [1.807, 2.05) is 37.3 Å². The molecular weight excluding hydrogens is 336 g/mol. The Morgan fingerprint density at radius 1 is 0.962 bits per heavy atom. The van der Waals surface area contributed by atoms with Gasteiger partial charge in [-0.2, -0.15) is 0 Å². The highest BCUT2D eigenvalue weighted by molar-refractivity contribution is 5.58. The van der Waals surface area contributed by atoms with Gasteiger partial charge in [-0.25, -0.2) is 0 Å². The summed E-state index contributed by atoms with van der Waals surface area (Å²) >= 11 is 0. The minimum Gasteiger partial charge on any atom is -0.497 e. The molecule has 0 amide bonds. The first kappa shape index (κ1) is 18.4. The van der Waals surface area contributed by atoms with Crippen molar-refractivity contribution in [1.82, 2.24) is 0 Å². The average molecular weight is 360 g/mol. The molecule has 0 unspecified atom stereocenters. The molecule has 0 bridgehead atoms. The van der Waals surface area contributed by atoms with Crippen molar-refractivity contribution in [2.75, 3.05) is 27.9 Å². The van der Waals surface area contributed by atoms with Crippen molar-refractivity contribution in [3.8, 4) is 23.0 Å². The van der Waals surface area contributed by atoms with Crippen LogP contribution in [0.4, 0.5) is 0 Å². The molecule has 0 saturated carbocycles. The van der Waals surface area contributed by atoms with Crippen LogP contribution in [0.5, 0.6) is 23.0 Å². The first-order valence-corrected chi connectivity index (χ1v) is 8.49. The molecule has 140 valence electrons. The van der Waals surface area contributed by atoms with E-state index in [1.165, 1.54) is 0 Å². The van der Waals surface area contributed by atoms with E-state index in [0.29, 0.717) is 23.9 Å². The summed E-state index contributed by atoms with van der Waals surface area (Å²) in [6, 6.07) is 11.0. The van der Waals surface area contributed by atoms with Crippen molar-refractivity contribution in [3.63, 3.8) is 0 Å². The van der Waals surface area contributed by atoms with Gasteiger partial charge in [0.25, 0.3) is 0 Å². The average Bonchev–Trinajstić information content (AvgIpc) is 2.69. The lowest BCUT2D eigenvalue weighted by atomic mass is 9.91. The summed E-state index contributed by atoms with van der Waals surface area (Å²) in [5.41, 5.74) is 1.56. The van der Waals surface area contributed by atoms with Gasteiger partial charge in [0.15, 0.2) is 17.6 Å². The summed E-state index contributed by atoms with van der Waals surface area (Å²) < 4.78 is 28.1. The van der Waals surface area contributed by atoms with Crippen molar-refractivity contribution < 1.29 is 28.8 Å². The van der Waals surface area contributed by atoms with Crippen LogP contribution in [0.2, 0.25) is 0 Å². The number of aliphatic hydroxyl groups excluding tert-OH is 1. The van der Waals surface area contributed by atoms with Crippen molar-refractivity contribution in [3.05, 3.63) is 47.5 Å². The maximum Gasteiger partial charge on any atom is 0.203 e. The van der Waals surface area contributed by atoms with Crippen LogP contribution >= 0.6 is 0 Å². The van der Waals surface area contributed by atoms with Crippen LogP contribution in [-0.2, 0) is 4.74 Å². The first-order chi connectivity index (χ1) is 12.6. The molecule has 0 saturated heterocycles. The van der Waals surface area contributed by atoms with Crippen LogP contribution in [-0.4, -0.2) is 39.1 Å². The molecule has 2 aromatic carbocycles. The summed E-state index contributed by atoms with van der Waals surface area (Å²) in [5.74, 6) is 2.31. The van der Waals surface area contributed by atoms with Crippen LogP contribution < -0.4 is 18.9 Å². The molecule has 3 atom stereocenters. The molecule has 6 heteroatoms. The second kappa shape index (κ2) is 7.85. The maximum absolute atomic E-state index is 10.9. The normalized spacial score (nSPS) is 21.5. The third-order valence-corrected chi connectivity index (χ3v) is 4.49. The van der Waals surface area contributed by atoms with Crippen molar-refractivity contribution in [2.24, 2.45) is 0 Å². The quantitative estimate of drug-likeness (QED) is 0.853. The third-order valence-electron chi connectivity index (χ3n) is 4.49. The van der Waals surface area contributed by atoms with E-state index in [-0.39, 0.29) is 0 Å². The fraction of sp³-hybridized carbons (Fsp3) is 0.400. The third kappa shape index (κ3) is 3.18. The second-order valence-corrected chi connectivity index (χ2v) is 5.90. The van der Waals surface area contributed by atoms with Gasteiger partial charge in [0.2, 0.25) is 5.75 Å². The summed E-state index contributed by atoms with van der Waals surface area (Å²) in [4.78, 5) is 0. The highest BCUT2D eigenvalue weighted by Crippen LogP contribution is 2.50. The van der Waals surface area contributed by atoms with Gasteiger partial charge in [-0.3, -0.25) is 0 Å². The molecule has 1 aliphatic rings. The van der Waals surface area contributed by atoms with Crippen molar-refractivity contribution >= 4 is 0 Å². The molecule has 2 aromatic rings. The predicted octanol–water partition coefficient (Wildman–Crippen LogP) is 3.28. The zero-order chi connectivity index (χ0) is 18.7. The molecule has 1 aliphatic heterocycles. The van der Waals surface area contributed by atoms with Gasteiger partial charge in [0.1, 0.15) is 18.0 Å². The molecule has 0 radical (unpaired) electrons. The Morgan fingerprint density at radius 3 is 2.27 bits per heavy atom. The van der Waals surface area contributed by atoms with Gasteiger partial charge in [0, 0.05) is 12.2 Å². The lowest BCUT2D eigenvalue weighted by molar-refractivity contribution is -0.0998. The van der Waals surface area contributed by atoms with Gasteiger partial charge < -0.3 is 28.8 Å². The Kier molecular flexibility index (Phi) is 5.54. The van der Waals surface area contributed by atoms with Crippen LogP contribution in [0, 0.1) is 0 Å². The Hall–Kier alpha value is -2.44. The smallest absolute Gasteiger partial charge is 0.203 e. The van der Waals surface area contributed by atoms with Gasteiger partial charge in [-0.1, -0.05) is 12.1 Å². The molecular formula is C20H24O6. The number of ether oxygens (including phenoxy) is 5. The van der Waals surface area contributed by atoms with E-state index in [0.717, 1.165) is 16.9 Å². The Labute approximate surface area is 153 Å². The lowest BCUT2D eigenvalue weighted by Gasteiger charge is -2.37. The number of hydrogen-bond acceptors (Lipinski definition) is 6. The van der Waals surface area contributed by atoms with Gasteiger partial charge in [0.05, 0.1) is 21.3 Å². The molecule has 0 aromatic heterocycles. The molecule has 0 fully saturated rings. The maximum atomic E-state index is 10.9. The van der Waals surface area contributed by atoms with E-state index < -0.39 is 18.3 Å². The minimum absolute atomic E-state index is 0.463.